The molecule has 0 saturated carbocycles. The van der Waals surface area contributed by atoms with Crippen molar-refractivity contribution >= 4 is 17.4 Å². The molecule has 0 aliphatic heterocycles. The fourth-order valence-corrected chi connectivity index (χ4v) is 1.62. The molecule has 1 heterocycles. The first-order chi connectivity index (χ1) is 7.95. The molecule has 17 heavy (non-hydrogen) atoms. The van der Waals surface area contributed by atoms with Gasteiger partial charge in [-0.2, -0.15) is 10.2 Å². The quantitative estimate of drug-likeness (QED) is 0.266. The Morgan fingerprint density at radius 1 is 1.53 bits per heavy atom. The van der Waals surface area contributed by atoms with E-state index in [0.29, 0.717) is 17.6 Å². The van der Waals surface area contributed by atoms with Crippen molar-refractivity contribution in [1.29, 1.82) is 5.26 Å². The molecular weight excluding hydrogens is 244 g/mol. The number of rotatable bonds is 4. The smallest absolute Gasteiger partial charge is 0.363 e. The minimum atomic E-state index is -0.642. The lowest BCUT2D eigenvalue weighted by atomic mass is 10.4. The van der Waals surface area contributed by atoms with E-state index >= 15 is 0 Å². The molecule has 0 bridgehead atoms. The number of aryl methyl sites for hydroxylation is 1. The van der Waals surface area contributed by atoms with E-state index in [1.54, 1.807) is 26.2 Å². The Hall–Kier alpha value is -1.88. The largest absolute Gasteiger partial charge is 0.470 e. The summed E-state index contributed by atoms with van der Waals surface area (Å²) >= 11 is 0.618. The van der Waals surface area contributed by atoms with Crippen LogP contribution in [0.15, 0.2) is 5.03 Å². The van der Waals surface area contributed by atoms with Gasteiger partial charge in [-0.15, -0.1) is 0 Å². The molecule has 90 valence electrons. The highest BCUT2D eigenvalue weighted by molar-refractivity contribution is 8.03. The molecule has 0 fully saturated rings. The zero-order valence-corrected chi connectivity index (χ0v) is 10.3. The van der Waals surface area contributed by atoms with E-state index in [9.17, 15) is 10.1 Å². The Bertz CT molecular complexity index is 484. The van der Waals surface area contributed by atoms with Crippen LogP contribution in [0.5, 0.6) is 5.88 Å². The van der Waals surface area contributed by atoms with Crippen molar-refractivity contribution in [3.8, 4) is 11.3 Å². The number of nitro groups is 1. The molecule has 0 saturated heterocycles. The molecule has 0 amide bonds. The van der Waals surface area contributed by atoms with Crippen molar-refractivity contribution < 1.29 is 9.66 Å². The van der Waals surface area contributed by atoms with Crippen LogP contribution >= 0.6 is 11.8 Å². The fraction of sp³-hybridized carbons (Fsp3) is 0.444. The third-order valence-electron chi connectivity index (χ3n) is 1.60. The van der Waals surface area contributed by atoms with Crippen LogP contribution in [-0.2, 0) is 0 Å². The van der Waals surface area contributed by atoms with Crippen LogP contribution in [0.4, 0.5) is 5.69 Å². The topological polar surface area (TPSA) is 102 Å². The Labute approximate surface area is 102 Å². The zero-order valence-electron chi connectivity index (χ0n) is 9.50. The van der Waals surface area contributed by atoms with E-state index in [1.165, 1.54) is 0 Å². The van der Waals surface area contributed by atoms with Crippen molar-refractivity contribution in [2.24, 2.45) is 0 Å². The SMILES string of the molecule is Cc1nc(OC(C)C)c([N+](=O)[O-])c(SC#N)n1. The van der Waals surface area contributed by atoms with Crippen molar-refractivity contribution in [3.63, 3.8) is 0 Å². The first kappa shape index (κ1) is 13.2. The van der Waals surface area contributed by atoms with Crippen LogP contribution in [0.25, 0.3) is 0 Å². The molecule has 0 N–H and O–H groups in total. The Kier molecular flexibility index (Phi) is 4.23. The van der Waals surface area contributed by atoms with Crippen molar-refractivity contribution in [2.75, 3.05) is 0 Å². The van der Waals surface area contributed by atoms with Gasteiger partial charge in [0, 0.05) is 11.8 Å². The van der Waals surface area contributed by atoms with Gasteiger partial charge >= 0.3 is 5.69 Å². The Morgan fingerprint density at radius 3 is 2.65 bits per heavy atom. The molecule has 7 nitrogen and oxygen atoms in total. The summed E-state index contributed by atoms with van der Waals surface area (Å²) in [6.45, 7) is 5.05. The summed E-state index contributed by atoms with van der Waals surface area (Å²) in [7, 11) is 0. The zero-order chi connectivity index (χ0) is 13.0. The number of thioether (sulfide) groups is 1. The third kappa shape index (κ3) is 3.29. The summed E-state index contributed by atoms with van der Waals surface area (Å²) in [6, 6.07) is 0. The van der Waals surface area contributed by atoms with E-state index in [0.717, 1.165) is 0 Å². The van der Waals surface area contributed by atoms with E-state index in [1.807, 2.05) is 0 Å². The van der Waals surface area contributed by atoms with E-state index in [2.05, 4.69) is 9.97 Å². The first-order valence-corrected chi connectivity index (χ1v) is 5.53. The lowest BCUT2D eigenvalue weighted by molar-refractivity contribution is -0.389. The van der Waals surface area contributed by atoms with Crippen LogP contribution in [0.2, 0.25) is 0 Å². The summed E-state index contributed by atoms with van der Waals surface area (Å²) in [5.41, 5.74) is -0.365. The molecule has 0 atom stereocenters. The molecule has 0 spiro atoms. The predicted octanol–water partition coefficient (Wildman–Crippen LogP) is 2.05. The average Bonchev–Trinajstić information content (AvgIpc) is 2.15. The maximum Gasteiger partial charge on any atom is 0.363 e. The number of hydrogen-bond donors (Lipinski definition) is 0. The van der Waals surface area contributed by atoms with Crippen LogP contribution in [0.1, 0.15) is 19.7 Å². The summed E-state index contributed by atoms with van der Waals surface area (Å²) in [5.74, 6) is 0.222. The van der Waals surface area contributed by atoms with Gasteiger partial charge < -0.3 is 4.74 Å². The minimum absolute atomic E-state index is 0.000602. The second kappa shape index (κ2) is 5.45. The Morgan fingerprint density at radius 2 is 2.18 bits per heavy atom. The molecule has 0 unspecified atom stereocenters. The fourth-order valence-electron chi connectivity index (χ4n) is 1.09. The number of nitriles is 1. The molecule has 0 radical (unpaired) electrons. The van der Waals surface area contributed by atoms with Gasteiger partial charge in [0.2, 0.25) is 0 Å². The molecule has 1 rings (SSSR count). The van der Waals surface area contributed by atoms with E-state index in [-0.39, 0.29) is 22.7 Å². The van der Waals surface area contributed by atoms with Crippen molar-refractivity contribution in [2.45, 2.75) is 31.9 Å². The standard InChI is InChI=1S/C9H10N4O3S/c1-5(2)16-8-7(13(14)15)9(17-4-10)12-6(3)11-8/h5H,1-3H3. The Balaban J connectivity index is 3.36. The van der Waals surface area contributed by atoms with Crippen LogP contribution in [0.3, 0.4) is 0 Å². The monoisotopic (exact) mass is 254 g/mol. The van der Waals surface area contributed by atoms with Gasteiger partial charge in [-0.05, 0) is 20.8 Å². The van der Waals surface area contributed by atoms with Gasteiger partial charge in [0.15, 0.2) is 5.03 Å². The van der Waals surface area contributed by atoms with Gasteiger partial charge in [-0.3, -0.25) is 10.1 Å². The molecular formula is C9H10N4O3S. The van der Waals surface area contributed by atoms with Crippen LogP contribution in [-0.4, -0.2) is 21.0 Å². The van der Waals surface area contributed by atoms with Crippen molar-refractivity contribution in [1.82, 2.24) is 9.97 Å². The van der Waals surface area contributed by atoms with Gasteiger partial charge in [-0.1, -0.05) is 0 Å². The summed E-state index contributed by atoms with van der Waals surface area (Å²) in [4.78, 5) is 18.0. The number of hydrogen-bond acceptors (Lipinski definition) is 7. The molecule has 1 aromatic rings. The van der Waals surface area contributed by atoms with Crippen LogP contribution < -0.4 is 4.74 Å². The first-order valence-electron chi connectivity index (χ1n) is 4.71. The van der Waals surface area contributed by atoms with Gasteiger partial charge in [0.05, 0.1) is 11.0 Å². The minimum Gasteiger partial charge on any atom is -0.470 e. The molecule has 8 heteroatoms. The molecule has 1 aromatic heterocycles. The number of nitrogens with zero attached hydrogens (tertiary/aromatic N) is 4. The van der Waals surface area contributed by atoms with Gasteiger partial charge in [0.1, 0.15) is 11.2 Å². The van der Waals surface area contributed by atoms with Crippen molar-refractivity contribution in [3.05, 3.63) is 15.9 Å². The summed E-state index contributed by atoms with van der Waals surface area (Å²) < 4.78 is 5.26. The number of thiocyanates is 1. The van der Waals surface area contributed by atoms with Crippen LogP contribution in [0, 0.1) is 27.7 Å². The van der Waals surface area contributed by atoms with Gasteiger partial charge in [-0.25, -0.2) is 4.98 Å². The predicted molar refractivity (Wildman–Crippen MR) is 60.7 cm³/mol. The maximum atomic E-state index is 10.9. The molecule has 0 aliphatic rings. The third-order valence-corrected chi connectivity index (χ3v) is 2.17. The number of ether oxygens (including phenoxy) is 1. The second-order valence-corrected chi connectivity index (χ2v) is 4.12. The highest BCUT2D eigenvalue weighted by Gasteiger charge is 2.26. The second-order valence-electron chi connectivity index (χ2n) is 3.35. The maximum absolute atomic E-state index is 10.9. The number of aromatic nitrogens is 2. The highest BCUT2D eigenvalue weighted by atomic mass is 32.2. The van der Waals surface area contributed by atoms with E-state index < -0.39 is 4.92 Å². The lowest BCUT2D eigenvalue weighted by Crippen LogP contribution is -2.11. The normalized spacial score (nSPS) is 10.1. The average molecular weight is 254 g/mol. The lowest BCUT2D eigenvalue weighted by Gasteiger charge is -2.10. The van der Waals surface area contributed by atoms with E-state index in [4.69, 9.17) is 10.00 Å². The molecule has 0 aliphatic carbocycles. The summed E-state index contributed by atoms with van der Waals surface area (Å²) in [6.07, 6.45) is -0.247. The summed E-state index contributed by atoms with van der Waals surface area (Å²) in [5, 5.41) is 21.3. The van der Waals surface area contributed by atoms with Gasteiger partial charge in [0.25, 0.3) is 5.88 Å². The molecule has 0 aromatic carbocycles. The highest BCUT2D eigenvalue weighted by Crippen LogP contribution is 2.34.